The van der Waals surface area contributed by atoms with E-state index < -0.39 is 0 Å². The van der Waals surface area contributed by atoms with Gasteiger partial charge < -0.3 is 4.74 Å². The molecule has 2 aromatic rings. The van der Waals surface area contributed by atoms with Gasteiger partial charge in [0.2, 0.25) is 0 Å². The molecule has 1 heterocycles. The van der Waals surface area contributed by atoms with Gasteiger partial charge >= 0.3 is 0 Å². The predicted molar refractivity (Wildman–Crippen MR) is 57.1 cm³/mol. The van der Waals surface area contributed by atoms with Crippen LogP contribution in [0.2, 0.25) is 0 Å². The van der Waals surface area contributed by atoms with Crippen LogP contribution in [0.4, 0.5) is 5.82 Å². The summed E-state index contributed by atoms with van der Waals surface area (Å²) in [7, 11) is 1.60. The molecule has 0 atom stereocenters. The summed E-state index contributed by atoms with van der Waals surface area (Å²) in [4.78, 5) is 6.73. The van der Waals surface area contributed by atoms with Crippen LogP contribution in [-0.4, -0.2) is 12.1 Å². The van der Waals surface area contributed by atoms with E-state index in [9.17, 15) is 0 Å². The van der Waals surface area contributed by atoms with Gasteiger partial charge in [-0.25, -0.2) is 0 Å². The maximum Gasteiger partial charge on any atom is 0.134 e. The second-order valence-electron chi connectivity index (χ2n) is 2.88. The summed E-state index contributed by atoms with van der Waals surface area (Å²) < 4.78 is 5.20. The number of hydrogen-bond acceptors (Lipinski definition) is 3. The Bertz CT molecular complexity index is 546. The standard InChI is InChI=1S/C10H8N4O/c1-15-9-4-2-3-8-7(9)5-6-12-10(8)13-14-11/h2-6H,1H3. The zero-order chi connectivity index (χ0) is 10.7. The molecule has 1 aromatic heterocycles. The Balaban J connectivity index is 2.81. The van der Waals surface area contributed by atoms with Gasteiger partial charge in [-0.3, -0.25) is 4.98 Å². The highest BCUT2D eigenvalue weighted by molar-refractivity contribution is 5.94. The molecule has 0 bridgehead atoms. The Morgan fingerprint density at radius 1 is 1.33 bits per heavy atom. The number of hydrogen-bond donors (Lipinski definition) is 0. The number of rotatable bonds is 2. The number of nitrogens with zero attached hydrogens (tertiary/aromatic N) is 4. The SMILES string of the molecule is COc1cccc2c(N=[N+]=[N-])nccc12. The van der Waals surface area contributed by atoms with E-state index in [1.807, 2.05) is 24.3 Å². The number of ether oxygens (including phenoxy) is 1. The Kier molecular flexibility index (Phi) is 2.39. The third-order valence-corrected chi connectivity index (χ3v) is 2.10. The van der Waals surface area contributed by atoms with Crippen LogP contribution in [0, 0.1) is 0 Å². The van der Waals surface area contributed by atoms with E-state index in [1.54, 1.807) is 13.3 Å². The number of methoxy groups -OCH3 is 1. The van der Waals surface area contributed by atoms with Crippen LogP contribution in [0.25, 0.3) is 21.2 Å². The first kappa shape index (κ1) is 9.30. The number of benzene rings is 1. The fourth-order valence-corrected chi connectivity index (χ4v) is 1.46. The normalized spacial score (nSPS) is 9.67. The van der Waals surface area contributed by atoms with Gasteiger partial charge in [0, 0.05) is 21.9 Å². The van der Waals surface area contributed by atoms with Crippen molar-refractivity contribution in [1.82, 2.24) is 4.98 Å². The van der Waals surface area contributed by atoms with Crippen molar-refractivity contribution in [1.29, 1.82) is 0 Å². The summed E-state index contributed by atoms with van der Waals surface area (Å²) in [6, 6.07) is 7.35. The van der Waals surface area contributed by atoms with E-state index >= 15 is 0 Å². The summed E-state index contributed by atoms with van der Waals surface area (Å²) in [5, 5.41) is 5.20. The lowest BCUT2D eigenvalue weighted by Crippen LogP contribution is -1.85. The Hall–Kier alpha value is -2.26. The monoisotopic (exact) mass is 200 g/mol. The second kappa shape index (κ2) is 3.86. The zero-order valence-electron chi connectivity index (χ0n) is 8.08. The number of aromatic nitrogens is 1. The topological polar surface area (TPSA) is 70.9 Å². The average molecular weight is 200 g/mol. The van der Waals surface area contributed by atoms with E-state index in [1.165, 1.54) is 0 Å². The van der Waals surface area contributed by atoms with Gasteiger partial charge in [0.15, 0.2) is 0 Å². The van der Waals surface area contributed by atoms with Crippen LogP contribution in [-0.2, 0) is 0 Å². The summed E-state index contributed by atoms with van der Waals surface area (Å²) in [6.45, 7) is 0. The molecular formula is C10H8N4O. The van der Waals surface area contributed by atoms with Gasteiger partial charge in [0.05, 0.1) is 7.11 Å². The lowest BCUT2D eigenvalue weighted by atomic mass is 10.1. The highest BCUT2D eigenvalue weighted by Gasteiger charge is 2.04. The van der Waals surface area contributed by atoms with Gasteiger partial charge in [-0.15, -0.1) is 0 Å². The Labute approximate surface area is 85.9 Å². The fraction of sp³-hybridized carbons (Fsp3) is 0.100. The maximum atomic E-state index is 8.39. The molecule has 0 unspecified atom stereocenters. The zero-order valence-corrected chi connectivity index (χ0v) is 8.08. The summed E-state index contributed by atoms with van der Waals surface area (Å²) in [5.41, 5.74) is 8.39. The number of fused-ring (bicyclic) bond motifs is 1. The average Bonchev–Trinajstić information content (AvgIpc) is 2.29. The molecule has 74 valence electrons. The largest absolute Gasteiger partial charge is 0.496 e. The van der Waals surface area contributed by atoms with E-state index in [2.05, 4.69) is 15.0 Å². The van der Waals surface area contributed by atoms with Crippen molar-refractivity contribution in [2.75, 3.05) is 7.11 Å². The van der Waals surface area contributed by atoms with Crippen LogP contribution in [0.15, 0.2) is 35.6 Å². The molecule has 0 radical (unpaired) electrons. The molecule has 0 saturated heterocycles. The number of pyridine rings is 1. The molecule has 15 heavy (non-hydrogen) atoms. The lowest BCUT2D eigenvalue weighted by Gasteiger charge is -2.05. The molecule has 0 saturated carbocycles. The molecule has 0 N–H and O–H groups in total. The summed E-state index contributed by atoms with van der Waals surface area (Å²) in [6.07, 6.45) is 1.59. The van der Waals surface area contributed by atoms with Crippen LogP contribution in [0.3, 0.4) is 0 Å². The third kappa shape index (κ3) is 1.56. The van der Waals surface area contributed by atoms with Crippen molar-refractivity contribution in [3.05, 3.63) is 40.9 Å². The summed E-state index contributed by atoms with van der Waals surface area (Å²) >= 11 is 0. The lowest BCUT2D eigenvalue weighted by molar-refractivity contribution is 0.420. The first-order valence-electron chi connectivity index (χ1n) is 4.33. The minimum Gasteiger partial charge on any atom is -0.496 e. The molecule has 5 heteroatoms. The molecule has 0 spiro atoms. The molecule has 0 aliphatic rings. The van der Waals surface area contributed by atoms with Gasteiger partial charge in [0.25, 0.3) is 0 Å². The highest BCUT2D eigenvalue weighted by atomic mass is 16.5. The molecule has 0 amide bonds. The Morgan fingerprint density at radius 3 is 2.93 bits per heavy atom. The van der Waals surface area contributed by atoms with Crippen LogP contribution in [0.5, 0.6) is 5.75 Å². The van der Waals surface area contributed by atoms with Crippen molar-refractivity contribution in [2.24, 2.45) is 5.11 Å². The molecule has 0 aliphatic carbocycles. The van der Waals surface area contributed by atoms with Crippen molar-refractivity contribution >= 4 is 16.6 Å². The molecule has 1 aromatic carbocycles. The first-order chi connectivity index (χ1) is 7.36. The number of azide groups is 1. The van der Waals surface area contributed by atoms with Crippen molar-refractivity contribution in [2.45, 2.75) is 0 Å². The molecule has 2 rings (SSSR count). The molecule has 0 fully saturated rings. The van der Waals surface area contributed by atoms with Crippen LogP contribution < -0.4 is 4.74 Å². The van der Waals surface area contributed by atoms with Gasteiger partial charge in [-0.05, 0) is 22.8 Å². The molecule has 0 aliphatic heterocycles. The quantitative estimate of drug-likeness (QED) is 0.424. The minimum atomic E-state index is 0.369. The van der Waals surface area contributed by atoms with E-state index in [-0.39, 0.29) is 0 Å². The third-order valence-electron chi connectivity index (χ3n) is 2.10. The van der Waals surface area contributed by atoms with E-state index in [4.69, 9.17) is 10.3 Å². The van der Waals surface area contributed by atoms with Crippen LogP contribution in [0.1, 0.15) is 0 Å². The van der Waals surface area contributed by atoms with E-state index in [0.717, 1.165) is 16.5 Å². The minimum absolute atomic E-state index is 0.369. The maximum absolute atomic E-state index is 8.39. The highest BCUT2D eigenvalue weighted by Crippen LogP contribution is 2.30. The summed E-state index contributed by atoms with van der Waals surface area (Å²) in [5.74, 6) is 1.11. The first-order valence-corrected chi connectivity index (χ1v) is 4.33. The van der Waals surface area contributed by atoms with Gasteiger partial charge in [-0.1, -0.05) is 12.1 Å². The van der Waals surface area contributed by atoms with Gasteiger partial charge in [-0.2, -0.15) is 0 Å². The van der Waals surface area contributed by atoms with Gasteiger partial charge in [0.1, 0.15) is 11.6 Å². The second-order valence-corrected chi connectivity index (χ2v) is 2.88. The van der Waals surface area contributed by atoms with E-state index in [0.29, 0.717) is 5.82 Å². The van der Waals surface area contributed by atoms with Crippen LogP contribution >= 0.6 is 0 Å². The molecule has 5 nitrogen and oxygen atoms in total. The van der Waals surface area contributed by atoms with Crippen molar-refractivity contribution in [3.63, 3.8) is 0 Å². The fourth-order valence-electron chi connectivity index (χ4n) is 1.46. The van der Waals surface area contributed by atoms with Crippen molar-refractivity contribution in [3.8, 4) is 5.75 Å². The predicted octanol–water partition coefficient (Wildman–Crippen LogP) is 3.19. The molecular weight excluding hydrogens is 192 g/mol. The smallest absolute Gasteiger partial charge is 0.134 e. The van der Waals surface area contributed by atoms with Crippen molar-refractivity contribution < 1.29 is 4.74 Å². The Morgan fingerprint density at radius 2 is 2.20 bits per heavy atom.